The second-order valence-electron chi connectivity index (χ2n) is 3.74. The second kappa shape index (κ2) is 5.88. The summed E-state index contributed by atoms with van der Waals surface area (Å²) in [7, 11) is 0. The monoisotopic (exact) mass is 227 g/mol. The minimum absolute atomic E-state index is 0.228. The van der Waals surface area contributed by atoms with Crippen LogP contribution in [0, 0.1) is 0 Å². The molecule has 0 radical (unpaired) electrons. The van der Waals surface area contributed by atoms with Crippen LogP contribution in [0.1, 0.15) is 37.6 Å². The zero-order valence-corrected chi connectivity index (χ0v) is 9.88. The van der Waals surface area contributed by atoms with Crippen molar-refractivity contribution in [3.63, 3.8) is 0 Å². The van der Waals surface area contributed by atoms with Gasteiger partial charge in [0.05, 0.1) is 0 Å². The van der Waals surface area contributed by atoms with Gasteiger partial charge in [-0.25, -0.2) is 0 Å². The summed E-state index contributed by atoms with van der Waals surface area (Å²) in [5.41, 5.74) is 0. The summed E-state index contributed by atoms with van der Waals surface area (Å²) in [6.07, 6.45) is 0.899. The molecule has 2 N–H and O–H groups in total. The molecule has 1 aromatic rings. The molecule has 1 aromatic heterocycles. The van der Waals surface area contributed by atoms with Crippen molar-refractivity contribution in [1.82, 2.24) is 5.32 Å². The van der Waals surface area contributed by atoms with Crippen LogP contribution in [0.2, 0.25) is 0 Å². The van der Waals surface area contributed by atoms with E-state index in [0.717, 1.165) is 0 Å². The van der Waals surface area contributed by atoms with Gasteiger partial charge in [0.2, 0.25) is 0 Å². The third-order valence-electron chi connectivity index (χ3n) is 2.30. The van der Waals surface area contributed by atoms with Crippen LogP contribution in [-0.4, -0.2) is 17.1 Å². The van der Waals surface area contributed by atoms with Crippen LogP contribution in [0.4, 0.5) is 0 Å². The number of hydrogen-bond acceptors (Lipinski definition) is 3. The van der Waals surface area contributed by atoms with Crippen LogP contribution in [0.25, 0.3) is 0 Å². The summed E-state index contributed by atoms with van der Waals surface area (Å²) in [4.78, 5) is 11.7. The minimum atomic E-state index is -0.729. The van der Waals surface area contributed by atoms with Crippen LogP contribution in [0.5, 0.6) is 0 Å². The highest BCUT2D eigenvalue weighted by atomic mass is 32.1. The molecule has 4 heteroatoms. The Kier molecular flexibility index (Phi) is 4.78. The maximum atomic E-state index is 10.4. The Morgan fingerprint density at radius 1 is 1.60 bits per heavy atom. The molecule has 1 unspecified atom stereocenters. The quantitative estimate of drug-likeness (QED) is 0.785. The molecule has 0 bridgehead atoms. The molecule has 0 aliphatic rings. The SMILES string of the molecule is CC(CCC(=O)O)N[C@@H](C)c1cccs1. The normalized spacial score (nSPS) is 14.8. The topological polar surface area (TPSA) is 49.3 Å². The van der Waals surface area contributed by atoms with Gasteiger partial charge in [0.25, 0.3) is 0 Å². The van der Waals surface area contributed by atoms with Crippen LogP contribution < -0.4 is 5.32 Å². The number of carbonyl (C=O) groups is 1. The largest absolute Gasteiger partial charge is 0.481 e. The van der Waals surface area contributed by atoms with Crippen LogP contribution >= 0.6 is 11.3 Å². The Balaban J connectivity index is 2.31. The van der Waals surface area contributed by atoms with Crippen molar-refractivity contribution in [3.8, 4) is 0 Å². The predicted octanol–water partition coefficient (Wildman–Crippen LogP) is 2.65. The molecule has 0 saturated heterocycles. The van der Waals surface area contributed by atoms with Gasteiger partial charge in [-0.2, -0.15) is 0 Å². The van der Waals surface area contributed by atoms with Crippen LogP contribution in [-0.2, 0) is 4.79 Å². The number of rotatable bonds is 6. The van der Waals surface area contributed by atoms with Crippen LogP contribution in [0.3, 0.4) is 0 Å². The molecule has 2 atom stereocenters. The number of aliphatic carboxylic acids is 1. The van der Waals surface area contributed by atoms with Gasteiger partial charge < -0.3 is 10.4 Å². The van der Waals surface area contributed by atoms with Gasteiger partial charge in [-0.3, -0.25) is 4.79 Å². The van der Waals surface area contributed by atoms with E-state index in [1.165, 1.54) is 4.88 Å². The van der Waals surface area contributed by atoms with E-state index in [1.807, 2.05) is 13.0 Å². The molecular formula is C11H17NO2S. The van der Waals surface area contributed by atoms with Crippen molar-refractivity contribution in [2.24, 2.45) is 0 Å². The van der Waals surface area contributed by atoms with Gasteiger partial charge in [-0.05, 0) is 31.7 Å². The summed E-state index contributed by atoms with van der Waals surface area (Å²) < 4.78 is 0. The summed E-state index contributed by atoms with van der Waals surface area (Å²) in [6.45, 7) is 4.12. The van der Waals surface area contributed by atoms with Gasteiger partial charge >= 0.3 is 5.97 Å². The fourth-order valence-corrected chi connectivity index (χ4v) is 2.21. The minimum Gasteiger partial charge on any atom is -0.481 e. The third-order valence-corrected chi connectivity index (χ3v) is 3.35. The maximum absolute atomic E-state index is 10.4. The highest BCUT2D eigenvalue weighted by Crippen LogP contribution is 2.19. The highest BCUT2D eigenvalue weighted by molar-refractivity contribution is 7.10. The Morgan fingerprint density at radius 3 is 2.87 bits per heavy atom. The van der Waals surface area contributed by atoms with E-state index in [9.17, 15) is 4.79 Å². The first-order valence-corrected chi connectivity index (χ1v) is 5.99. The number of carboxylic acid groups (broad SMARTS) is 1. The lowest BCUT2D eigenvalue weighted by Gasteiger charge is -2.18. The Labute approximate surface area is 94.1 Å². The third kappa shape index (κ3) is 4.44. The second-order valence-corrected chi connectivity index (χ2v) is 4.72. The molecule has 15 heavy (non-hydrogen) atoms. The smallest absolute Gasteiger partial charge is 0.303 e. The van der Waals surface area contributed by atoms with E-state index in [2.05, 4.69) is 23.7 Å². The van der Waals surface area contributed by atoms with Gasteiger partial charge in [0.15, 0.2) is 0 Å². The van der Waals surface area contributed by atoms with Crippen molar-refractivity contribution in [2.45, 2.75) is 38.8 Å². The lowest BCUT2D eigenvalue weighted by atomic mass is 10.1. The zero-order chi connectivity index (χ0) is 11.3. The number of nitrogens with one attached hydrogen (secondary N) is 1. The average molecular weight is 227 g/mol. The molecule has 84 valence electrons. The molecule has 3 nitrogen and oxygen atoms in total. The standard InChI is InChI=1S/C11H17NO2S/c1-8(5-6-11(13)14)12-9(2)10-4-3-7-15-10/h3-4,7-9,12H,5-6H2,1-2H3,(H,13,14)/t8?,9-/m0/s1. The Hall–Kier alpha value is -0.870. The van der Waals surface area contributed by atoms with Gasteiger partial charge in [0, 0.05) is 23.4 Å². The molecule has 1 heterocycles. The van der Waals surface area contributed by atoms with Crippen molar-refractivity contribution in [1.29, 1.82) is 0 Å². The van der Waals surface area contributed by atoms with Gasteiger partial charge in [-0.15, -0.1) is 11.3 Å². The van der Waals surface area contributed by atoms with E-state index in [1.54, 1.807) is 11.3 Å². The molecule has 0 spiro atoms. The van der Waals surface area contributed by atoms with Crippen molar-refractivity contribution in [2.75, 3.05) is 0 Å². The molecule has 0 saturated carbocycles. The van der Waals surface area contributed by atoms with E-state index in [0.29, 0.717) is 12.5 Å². The van der Waals surface area contributed by atoms with E-state index in [4.69, 9.17) is 5.11 Å². The number of hydrogen-bond donors (Lipinski definition) is 2. The Morgan fingerprint density at radius 2 is 2.33 bits per heavy atom. The highest BCUT2D eigenvalue weighted by Gasteiger charge is 2.11. The lowest BCUT2D eigenvalue weighted by Crippen LogP contribution is -2.29. The lowest BCUT2D eigenvalue weighted by molar-refractivity contribution is -0.137. The molecule has 0 aromatic carbocycles. The van der Waals surface area contributed by atoms with Crippen molar-refractivity contribution >= 4 is 17.3 Å². The molecule has 0 amide bonds. The first-order valence-electron chi connectivity index (χ1n) is 5.11. The van der Waals surface area contributed by atoms with E-state index in [-0.39, 0.29) is 12.5 Å². The fraction of sp³-hybridized carbons (Fsp3) is 0.545. The summed E-state index contributed by atoms with van der Waals surface area (Å²) in [5.74, 6) is -0.729. The first kappa shape index (κ1) is 12.2. The molecule has 0 aliphatic carbocycles. The van der Waals surface area contributed by atoms with Gasteiger partial charge in [0.1, 0.15) is 0 Å². The maximum Gasteiger partial charge on any atom is 0.303 e. The van der Waals surface area contributed by atoms with Gasteiger partial charge in [-0.1, -0.05) is 6.07 Å². The summed E-state index contributed by atoms with van der Waals surface area (Å²) in [5, 5.41) is 14.0. The Bertz CT molecular complexity index is 298. The average Bonchev–Trinajstić information content (AvgIpc) is 2.67. The van der Waals surface area contributed by atoms with E-state index < -0.39 is 5.97 Å². The molecule has 0 aliphatic heterocycles. The first-order chi connectivity index (χ1) is 7.09. The van der Waals surface area contributed by atoms with E-state index >= 15 is 0 Å². The fourth-order valence-electron chi connectivity index (χ4n) is 1.47. The summed E-state index contributed by atoms with van der Waals surface area (Å²) in [6, 6.07) is 4.65. The predicted molar refractivity (Wildman–Crippen MR) is 62.2 cm³/mol. The summed E-state index contributed by atoms with van der Waals surface area (Å²) >= 11 is 1.72. The van der Waals surface area contributed by atoms with Crippen LogP contribution in [0.15, 0.2) is 17.5 Å². The van der Waals surface area contributed by atoms with Crippen molar-refractivity contribution < 1.29 is 9.90 Å². The number of thiophene rings is 1. The molecule has 0 fully saturated rings. The molecular weight excluding hydrogens is 210 g/mol. The molecule has 1 rings (SSSR count). The van der Waals surface area contributed by atoms with Crippen molar-refractivity contribution in [3.05, 3.63) is 22.4 Å². The zero-order valence-electron chi connectivity index (χ0n) is 9.06. The number of carboxylic acids is 1.